The second kappa shape index (κ2) is 7.64. The molecule has 2 aromatic carbocycles. The molecule has 0 spiro atoms. The fourth-order valence-corrected chi connectivity index (χ4v) is 2.14. The number of rotatable bonds is 5. The highest BCUT2D eigenvalue weighted by Gasteiger charge is 2.15. The lowest BCUT2D eigenvalue weighted by Gasteiger charge is -2.15. The Bertz CT molecular complexity index is 724. The average Bonchev–Trinajstić information content (AvgIpc) is 2.54. The molecule has 0 heterocycles. The minimum absolute atomic E-state index is 0.0796. The predicted molar refractivity (Wildman–Crippen MR) is 94.4 cm³/mol. The second-order valence-electron chi connectivity index (χ2n) is 5.84. The van der Waals surface area contributed by atoms with Crippen molar-refractivity contribution in [2.75, 3.05) is 19.4 Å². The molecule has 0 fully saturated rings. The lowest BCUT2D eigenvalue weighted by atomic mass is 10.2. The van der Waals surface area contributed by atoms with Gasteiger partial charge in [-0.2, -0.15) is 0 Å². The second-order valence-corrected chi connectivity index (χ2v) is 5.84. The largest absolute Gasteiger partial charge is 0.481 e. The van der Waals surface area contributed by atoms with E-state index in [1.807, 2.05) is 31.2 Å². The predicted octanol–water partition coefficient (Wildman–Crippen LogP) is 3.10. The zero-order valence-electron chi connectivity index (χ0n) is 14.4. The number of aryl methyl sites for hydroxylation is 1. The molecule has 5 heteroatoms. The fourth-order valence-electron chi connectivity index (χ4n) is 2.14. The van der Waals surface area contributed by atoms with Gasteiger partial charge in [0.25, 0.3) is 11.8 Å². The van der Waals surface area contributed by atoms with Gasteiger partial charge in [0, 0.05) is 25.3 Å². The van der Waals surface area contributed by atoms with E-state index in [0.717, 1.165) is 5.56 Å². The van der Waals surface area contributed by atoms with Gasteiger partial charge in [-0.05, 0) is 55.8 Å². The lowest BCUT2D eigenvalue weighted by molar-refractivity contribution is -0.122. The van der Waals surface area contributed by atoms with E-state index < -0.39 is 6.10 Å². The molecule has 126 valence electrons. The average molecular weight is 326 g/mol. The third-order valence-electron chi connectivity index (χ3n) is 3.48. The summed E-state index contributed by atoms with van der Waals surface area (Å²) in [5, 5.41) is 2.78. The van der Waals surface area contributed by atoms with Gasteiger partial charge in [-0.1, -0.05) is 12.1 Å². The Balaban J connectivity index is 1.97. The Labute approximate surface area is 142 Å². The number of carbonyl (C=O) groups is 2. The first-order valence-corrected chi connectivity index (χ1v) is 7.72. The summed E-state index contributed by atoms with van der Waals surface area (Å²) in [4.78, 5) is 25.6. The van der Waals surface area contributed by atoms with Crippen LogP contribution in [0.2, 0.25) is 0 Å². The van der Waals surface area contributed by atoms with Crippen molar-refractivity contribution in [2.45, 2.75) is 20.0 Å². The highest BCUT2D eigenvalue weighted by atomic mass is 16.5. The topological polar surface area (TPSA) is 58.6 Å². The van der Waals surface area contributed by atoms with Gasteiger partial charge in [0.2, 0.25) is 0 Å². The molecule has 2 aromatic rings. The molecule has 0 radical (unpaired) electrons. The Morgan fingerprint density at radius 1 is 1.08 bits per heavy atom. The fraction of sp³-hybridized carbons (Fsp3) is 0.263. The van der Waals surface area contributed by atoms with Crippen molar-refractivity contribution in [3.8, 4) is 5.75 Å². The summed E-state index contributed by atoms with van der Waals surface area (Å²) in [6.07, 6.45) is -0.630. The number of nitrogens with one attached hydrogen (secondary N) is 1. The normalized spacial score (nSPS) is 11.5. The zero-order chi connectivity index (χ0) is 17.7. The first-order valence-electron chi connectivity index (χ1n) is 7.72. The maximum Gasteiger partial charge on any atom is 0.265 e. The molecule has 5 nitrogen and oxygen atoms in total. The summed E-state index contributed by atoms with van der Waals surface area (Å²) < 4.78 is 5.65. The van der Waals surface area contributed by atoms with Crippen LogP contribution in [-0.4, -0.2) is 36.9 Å². The van der Waals surface area contributed by atoms with Crippen molar-refractivity contribution >= 4 is 17.5 Å². The minimum atomic E-state index is -0.630. The highest BCUT2D eigenvalue weighted by Crippen LogP contribution is 2.16. The Hall–Kier alpha value is -2.82. The van der Waals surface area contributed by atoms with E-state index in [-0.39, 0.29) is 11.8 Å². The molecule has 0 aromatic heterocycles. The van der Waals surface area contributed by atoms with Crippen molar-refractivity contribution in [1.82, 2.24) is 4.90 Å². The van der Waals surface area contributed by atoms with E-state index >= 15 is 0 Å². The van der Waals surface area contributed by atoms with Crippen molar-refractivity contribution in [2.24, 2.45) is 0 Å². The molecule has 0 aliphatic heterocycles. The van der Waals surface area contributed by atoms with Crippen molar-refractivity contribution in [1.29, 1.82) is 0 Å². The highest BCUT2D eigenvalue weighted by molar-refractivity contribution is 5.96. The molecular formula is C19H22N2O3. The van der Waals surface area contributed by atoms with Crippen LogP contribution >= 0.6 is 0 Å². The van der Waals surface area contributed by atoms with Crippen LogP contribution in [-0.2, 0) is 4.79 Å². The van der Waals surface area contributed by atoms with E-state index in [1.54, 1.807) is 45.3 Å². The quantitative estimate of drug-likeness (QED) is 0.918. The van der Waals surface area contributed by atoms with Crippen molar-refractivity contribution < 1.29 is 14.3 Å². The Morgan fingerprint density at radius 3 is 2.33 bits per heavy atom. The van der Waals surface area contributed by atoms with Gasteiger partial charge in [0.1, 0.15) is 5.75 Å². The van der Waals surface area contributed by atoms with E-state index in [4.69, 9.17) is 4.74 Å². The molecule has 1 unspecified atom stereocenters. The van der Waals surface area contributed by atoms with Crippen LogP contribution in [0.25, 0.3) is 0 Å². The molecular weight excluding hydrogens is 304 g/mol. The summed E-state index contributed by atoms with van der Waals surface area (Å²) in [6.45, 7) is 3.66. The smallest absolute Gasteiger partial charge is 0.265 e. The Kier molecular flexibility index (Phi) is 5.58. The van der Waals surface area contributed by atoms with Crippen LogP contribution in [0.3, 0.4) is 0 Å². The molecule has 0 bridgehead atoms. The molecule has 2 amide bonds. The van der Waals surface area contributed by atoms with E-state index in [1.165, 1.54) is 4.90 Å². The molecule has 2 rings (SSSR count). The van der Waals surface area contributed by atoms with E-state index in [2.05, 4.69) is 5.32 Å². The van der Waals surface area contributed by atoms with Crippen LogP contribution in [0.1, 0.15) is 22.8 Å². The van der Waals surface area contributed by atoms with Crippen LogP contribution in [0, 0.1) is 6.92 Å². The lowest BCUT2D eigenvalue weighted by Crippen LogP contribution is -2.30. The number of nitrogens with zero attached hydrogens (tertiary/aromatic N) is 1. The number of carbonyl (C=O) groups excluding carboxylic acids is 2. The van der Waals surface area contributed by atoms with Gasteiger partial charge in [0.15, 0.2) is 6.10 Å². The SMILES string of the molecule is Cc1cccc(OC(C)C(=O)Nc2ccc(C(=O)N(C)C)cc2)c1. The monoisotopic (exact) mass is 326 g/mol. The number of ether oxygens (including phenoxy) is 1. The summed E-state index contributed by atoms with van der Waals surface area (Å²) in [5.74, 6) is 0.330. The van der Waals surface area contributed by atoms with Gasteiger partial charge >= 0.3 is 0 Å². The first-order chi connectivity index (χ1) is 11.4. The molecule has 24 heavy (non-hydrogen) atoms. The number of hydrogen-bond donors (Lipinski definition) is 1. The van der Waals surface area contributed by atoms with E-state index in [0.29, 0.717) is 17.0 Å². The van der Waals surface area contributed by atoms with Crippen molar-refractivity contribution in [3.63, 3.8) is 0 Å². The maximum absolute atomic E-state index is 12.2. The van der Waals surface area contributed by atoms with Gasteiger partial charge in [-0.3, -0.25) is 9.59 Å². The summed E-state index contributed by atoms with van der Waals surface area (Å²) in [6, 6.07) is 14.3. The molecule has 1 atom stereocenters. The van der Waals surface area contributed by atoms with E-state index in [9.17, 15) is 9.59 Å². The Morgan fingerprint density at radius 2 is 1.75 bits per heavy atom. The summed E-state index contributed by atoms with van der Waals surface area (Å²) in [7, 11) is 3.39. The van der Waals surface area contributed by atoms with Crippen LogP contribution in [0.5, 0.6) is 5.75 Å². The van der Waals surface area contributed by atoms with Gasteiger partial charge in [-0.25, -0.2) is 0 Å². The number of benzene rings is 2. The van der Waals surface area contributed by atoms with Crippen LogP contribution in [0.15, 0.2) is 48.5 Å². The summed E-state index contributed by atoms with van der Waals surface area (Å²) >= 11 is 0. The van der Waals surface area contributed by atoms with Crippen LogP contribution < -0.4 is 10.1 Å². The minimum Gasteiger partial charge on any atom is -0.481 e. The third-order valence-corrected chi connectivity index (χ3v) is 3.48. The molecule has 0 saturated carbocycles. The number of hydrogen-bond acceptors (Lipinski definition) is 3. The molecule has 0 aliphatic carbocycles. The van der Waals surface area contributed by atoms with Crippen molar-refractivity contribution in [3.05, 3.63) is 59.7 Å². The zero-order valence-corrected chi connectivity index (χ0v) is 14.4. The maximum atomic E-state index is 12.2. The van der Waals surface area contributed by atoms with Gasteiger partial charge in [0.05, 0.1) is 0 Å². The third kappa shape index (κ3) is 4.59. The number of amides is 2. The standard InChI is InChI=1S/C19H22N2O3/c1-13-6-5-7-17(12-13)24-14(2)18(22)20-16-10-8-15(9-11-16)19(23)21(3)4/h5-12,14H,1-4H3,(H,20,22). The first kappa shape index (κ1) is 17.5. The number of anilines is 1. The molecule has 0 aliphatic rings. The molecule has 0 saturated heterocycles. The van der Waals surface area contributed by atoms with Gasteiger partial charge < -0.3 is 15.0 Å². The summed E-state index contributed by atoms with van der Waals surface area (Å²) in [5.41, 5.74) is 2.26. The van der Waals surface area contributed by atoms with Gasteiger partial charge in [-0.15, -0.1) is 0 Å². The molecule has 1 N–H and O–H groups in total. The van der Waals surface area contributed by atoms with Crippen LogP contribution in [0.4, 0.5) is 5.69 Å².